The van der Waals surface area contributed by atoms with Crippen LogP contribution in [0.5, 0.6) is 5.88 Å². The zero-order valence-corrected chi connectivity index (χ0v) is 13.7. The Morgan fingerprint density at radius 3 is 2.86 bits per heavy atom. The van der Waals surface area contributed by atoms with Gasteiger partial charge in [0.15, 0.2) is 5.15 Å². The number of benzene rings is 1. The standard InChI is InChI=1S/C15H15BrClN3O/c16-13-4-2-1-3-12(13)9-20-7-11(8-20)10-21-15-6-18-5-14(17)19-15/h1-6,11H,7-10H2. The van der Waals surface area contributed by atoms with E-state index >= 15 is 0 Å². The quantitative estimate of drug-likeness (QED) is 0.811. The molecule has 2 heterocycles. The summed E-state index contributed by atoms with van der Waals surface area (Å²) < 4.78 is 6.78. The van der Waals surface area contributed by atoms with Gasteiger partial charge in [0.25, 0.3) is 0 Å². The van der Waals surface area contributed by atoms with Crippen molar-refractivity contribution in [2.45, 2.75) is 6.54 Å². The fourth-order valence-corrected chi connectivity index (χ4v) is 2.93. The molecule has 1 saturated heterocycles. The van der Waals surface area contributed by atoms with Crippen molar-refractivity contribution < 1.29 is 4.74 Å². The number of aromatic nitrogens is 2. The van der Waals surface area contributed by atoms with Crippen molar-refractivity contribution in [3.05, 3.63) is 51.8 Å². The number of rotatable bonds is 5. The van der Waals surface area contributed by atoms with Gasteiger partial charge in [0, 0.05) is 30.0 Å². The molecule has 0 bridgehead atoms. The van der Waals surface area contributed by atoms with Crippen molar-refractivity contribution in [3.63, 3.8) is 0 Å². The van der Waals surface area contributed by atoms with Gasteiger partial charge in [-0.1, -0.05) is 45.7 Å². The lowest BCUT2D eigenvalue weighted by atomic mass is 10.0. The van der Waals surface area contributed by atoms with E-state index in [9.17, 15) is 0 Å². The number of ether oxygens (including phenoxy) is 1. The molecule has 1 aliphatic rings. The third-order valence-corrected chi connectivity index (χ3v) is 4.39. The predicted octanol–water partition coefficient (Wildman–Crippen LogP) is 3.40. The Hall–Kier alpha value is -1.17. The van der Waals surface area contributed by atoms with Crippen LogP contribution in [0.25, 0.3) is 0 Å². The van der Waals surface area contributed by atoms with E-state index in [-0.39, 0.29) is 0 Å². The number of nitrogens with zero attached hydrogens (tertiary/aromatic N) is 3. The second-order valence-corrected chi connectivity index (χ2v) is 6.38. The Labute approximate surface area is 137 Å². The molecule has 2 aromatic rings. The van der Waals surface area contributed by atoms with Gasteiger partial charge in [0.1, 0.15) is 0 Å². The van der Waals surface area contributed by atoms with E-state index in [2.05, 4.69) is 49.0 Å². The first-order chi connectivity index (χ1) is 10.2. The molecule has 4 nitrogen and oxygen atoms in total. The van der Waals surface area contributed by atoms with Crippen LogP contribution >= 0.6 is 27.5 Å². The van der Waals surface area contributed by atoms with Crippen LogP contribution in [0.1, 0.15) is 5.56 Å². The molecule has 110 valence electrons. The Balaban J connectivity index is 1.43. The van der Waals surface area contributed by atoms with Crippen LogP contribution in [0.3, 0.4) is 0 Å². The van der Waals surface area contributed by atoms with Crippen LogP contribution in [0, 0.1) is 5.92 Å². The van der Waals surface area contributed by atoms with E-state index in [1.165, 1.54) is 16.2 Å². The van der Waals surface area contributed by atoms with Crippen molar-refractivity contribution >= 4 is 27.5 Å². The van der Waals surface area contributed by atoms with Gasteiger partial charge in [-0.3, -0.25) is 9.88 Å². The number of hydrogen-bond acceptors (Lipinski definition) is 4. The number of hydrogen-bond donors (Lipinski definition) is 0. The van der Waals surface area contributed by atoms with Crippen LogP contribution in [0.4, 0.5) is 0 Å². The highest BCUT2D eigenvalue weighted by Crippen LogP contribution is 2.23. The maximum atomic E-state index is 5.77. The Bertz CT molecular complexity index is 619. The first-order valence-corrected chi connectivity index (χ1v) is 7.94. The first-order valence-electron chi connectivity index (χ1n) is 6.77. The van der Waals surface area contributed by atoms with E-state index in [0.717, 1.165) is 19.6 Å². The van der Waals surface area contributed by atoms with E-state index in [4.69, 9.17) is 16.3 Å². The minimum absolute atomic E-state index is 0.358. The molecule has 0 aliphatic carbocycles. The average Bonchev–Trinajstić information content (AvgIpc) is 2.43. The van der Waals surface area contributed by atoms with Gasteiger partial charge in [0.2, 0.25) is 5.88 Å². The second kappa shape index (κ2) is 6.73. The molecule has 6 heteroatoms. The molecule has 0 spiro atoms. The van der Waals surface area contributed by atoms with E-state index < -0.39 is 0 Å². The van der Waals surface area contributed by atoms with E-state index in [1.807, 2.05) is 6.07 Å². The van der Waals surface area contributed by atoms with E-state index in [0.29, 0.717) is 23.6 Å². The van der Waals surface area contributed by atoms with Crippen molar-refractivity contribution in [3.8, 4) is 5.88 Å². The van der Waals surface area contributed by atoms with Gasteiger partial charge in [0.05, 0.1) is 19.0 Å². The van der Waals surface area contributed by atoms with E-state index in [1.54, 1.807) is 6.20 Å². The lowest BCUT2D eigenvalue weighted by Gasteiger charge is -2.39. The second-order valence-electron chi connectivity index (χ2n) is 5.14. The van der Waals surface area contributed by atoms with Crippen LogP contribution in [-0.4, -0.2) is 34.6 Å². The van der Waals surface area contributed by atoms with Crippen LogP contribution in [0.2, 0.25) is 5.15 Å². The Morgan fingerprint density at radius 1 is 1.29 bits per heavy atom. The monoisotopic (exact) mass is 367 g/mol. The third kappa shape index (κ3) is 3.93. The van der Waals surface area contributed by atoms with Crippen molar-refractivity contribution in [2.75, 3.05) is 19.7 Å². The lowest BCUT2D eigenvalue weighted by Crippen LogP contribution is -2.48. The molecular weight excluding hydrogens is 354 g/mol. The molecule has 0 N–H and O–H groups in total. The fraction of sp³-hybridized carbons (Fsp3) is 0.333. The summed E-state index contributed by atoms with van der Waals surface area (Å²) in [4.78, 5) is 10.4. The van der Waals surface area contributed by atoms with Crippen molar-refractivity contribution in [1.29, 1.82) is 0 Å². The molecule has 1 aromatic heterocycles. The molecule has 0 amide bonds. The smallest absolute Gasteiger partial charge is 0.233 e. The molecule has 0 saturated carbocycles. The SMILES string of the molecule is Clc1cncc(OCC2CN(Cc3ccccc3Br)C2)n1. The summed E-state index contributed by atoms with van der Waals surface area (Å²) in [6, 6.07) is 8.33. The van der Waals surface area contributed by atoms with Gasteiger partial charge in [-0.05, 0) is 11.6 Å². The van der Waals surface area contributed by atoms with Gasteiger partial charge in [-0.15, -0.1) is 0 Å². The van der Waals surface area contributed by atoms with Crippen LogP contribution in [-0.2, 0) is 6.54 Å². The zero-order valence-electron chi connectivity index (χ0n) is 11.4. The molecule has 0 unspecified atom stereocenters. The van der Waals surface area contributed by atoms with Crippen molar-refractivity contribution in [2.24, 2.45) is 5.92 Å². The van der Waals surface area contributed by atoms with Gasteiger partial charge in [-0.2, -0.15) is 4.98 Å². The largest absolute Gasteiger partial charge is 0.476 e. The molecule has 21 heavy (non-hydrogen) atoms. The van der Waals surface area contributed by atoms with Gasteiger partial charge in [-0.25, -0.2) is 0 Å². The highest BCUT2D eigenvalue weighted by molar-refractivity contribution is 9.10. The van der Waals surface area contributed by atoms with Crippen LogP contribution in [0.15, 0.2) is 41.1 Å². The van der Waals surface area contributed by atoms with Crippen molar-refractivity contribution in [1.82, 2.24) is 14.9 Å². The van der Waals surface area contributed by atoms with Gasteiger partial charge >= 0.3 is 0 Å². The minimum Gasteiger partial charge on any atom is -0.476 e. The first kappa shape index (κ1) is 14.8. The molecule has 0 atom stereocenters. The minimum atomic E-state index is 0.358. The summed E-state index contributed by atoms with van der Waals surface area (Å²) in [6.45, 7) is 3.70. The molecule has 1 fully saturated rings. The Kier molecular flexibility index (Phi) is 4.73. The zero-order chi connectivity index (χ0) is 14.7. The summed E-state index contributed by atoms with van der Waals surface area (Å²) in [5.74, 6) is 1.03. The average molecular weight is 369 g/mol. The summed E-state index contributed by atoms with van der Waals surface area (Å²) in [6.07, 6.45) is 3.08. The maximum absolute atomic E-state index is 5.77. The summed E-state index contributed by atoms with van der Waals surface area (Å²) in [5.41, 5.74) is 1.32. The molecule has 1 aromatic carbocycles. The maximum Gasteiger partial charge on any atom is 0.233 e. The Morgan fingerprint density at radius 2 is 2.10 bits per heavy atom. The lowest BCUT2D eigenvalue weighted by molar-refractivity contribution is 0.0541. The molecule has 0 radical (unpaired) electrons. The highest BCUT2D eigenvalue weighted by Gasteiger charge is 2.27. The highest BCUT2D eigenvalue weighted by atomic mass is 79.9. The number of halogens is 2. The predicted molar refractivity (Wildman–Crippen MR) is 85.4 cm³/mol. The summed E-state index contributed by atoms with van der Waals surface area (Å²) in [5, 5.41) is 0.358. The molecular formula is C15H15BrClN3O. The molecule has 1 aliphatic heterocycles. The molecule has 3 rings (SSSR count). The van der Waals surface area contributed by atoms with Gasteiger partial charge < -0.3 is 4.74 Å². The summed E-state index contributed by atoms with van der Waals surface area (Å²) in [7, 11) is 0. The number of likely N-dealkylation sites (tertiary alicyclic amines) is 1. The fourth-order valence-electron chi connectivity index (χ4n) is 2.38. The topological polar surface area (TPSA) is 38.2 Å². The third-order valence-electron chi connectivity index (χ3n) is 3.43. The normalized spacial score (nSPS) is 15.7. The van der Waals surface area contributed by atoms with Crippen LogP contribution < -0.4 is 4.74 Å². The summed E-state index contributed by atoms with van der Waals surface area (Å²) >= 11 is 9.35.